The lowest BCUT2D eigenvalue weighted by Gasteiger charge is -2.10. The summed E-state index contributed by atoms with van der Waals surface area (Å²) in [6, 6.07) is 3.76. The number of allylic oxidation sites excluding steroid dienone is 1. The van der Waals surface area contributed by atoms with Crippen LogP contribution in [0.1, 0.15) is 18.1 Å². The number of aldehydes is 1. The van der Waals surface area contributed by atoms with Gasteiger partial charge < -0.3 is 0 Å². The number of rotatable bonds is 4. The molecule has 0 fully saturated rings. The Morgan fingerprint density at radius 2 is 2.05 bits per heavy atom. The molecule has 0 spiro atoms. The standard InChI is InChI=1S/C14H12F3N3O/c1-2-10-6-11(8-12(7-10)14(15,16)17)13-18-9-20(19-13)4-3-5-21/h3-9H,2H2,1H3/b4-3-. The van der Waals surface area contributed by atoms with E-state index in [-0.39, 0.29) is 5.82 Å². The molecule has 0 unspecified atom stereocenters. The van der Waals surface area contributed by atoms with Crippen molar-refractivity contribution in [2.75, 3.05) is 0 Å². The minimum atomic E-state index is -4.42. The summed E-state index contributed by atoms with van der Waals surface area (Å²) < 4.78 is 39.9. The number of carbonyl (C=O) groups is 1. The van der Waals surface area contributed by atoms with Gasteiger partial charge in [0.2, 0.25) is 0 Å². The summed E-state index contributed by atoms with van der Waals surface area (Å²) in [5.41, 5.74) is 0.121. The molecule has 1 aromatic heterocycles. The van der Waals surface area contributed by atoms with Crippen LogP contribution < -0.4 is 0 Å². The summed E-state index contributed by atoms with van der Waals surface area (Å²) in [6.45, 7) is 1.78. The number of alkyl halides is 3. The van der Waals surface area contributed by atoms with E-state index >= 15 is 0 Å². The molecule has 110 valence electrons. The Hall–Kier alpha value is -2.44. The number of aryl methyl sites for hydroxylation is 1. The van der Waals surface area contributed by atoms with Gasteiger partial charge in [0, 0.05) is 11.8 Å². The van der Waals surface area contributed by atoms with Crippen molar-refractivity contribution in [3.63, 3.8) is 0 Å². The summed E-state index contributed by atoms with van der Waals surface area (Å²) in [7, 11) is 0. The molecule has 0 radical (unpaired) electrons. The van der Waals surface area contributed by atoms with Crippen molar-refractivity contribution < 1.29 is 18.0 Å². The second-order valence-corrected chi connectivity index (χ2v) is 4.30. The van der Waals surface area contributed by atoms with Gasteiger partial charge >= 0.3 is 6.18 Å². The Morgan fingerprint density at radius 3 is 2.67 bits per heavy atom. The first-order chi connectivity index (χ1) is 9.94. The third-order valence-corrected chi connectivity index (χ3v) is 2.81. The molecule has 0 N–H and O–H groups in total. The topological polar surface area (TPSA) is 47.8 Å². The van der Waals surface area contributed by atoms with Crippen LogP contribution in [0.5, 0.6) is 0 Å². The average Bonchev–Trinajstić information content (AvgIpc) is 2.92. The number of carbonyl (C=O) groups excluding carboxylic acids is 1. The molecule has 1 aromatic carbocycles. The number of halogens is 3. The molecule has 4 nitrogen and oxygen atoms in total. The van der Waals surface area contributed by atoms with E-state index in [0.29, 0.717) is 23.8 Å². The van der Waals surface area contributed by atoms with Crippen LogP contribution in [0, 0.1) is 0 Å². The first-order valence-corrected chi connectivity index (χ1v) is 6.18. The van der Waals surface area contributed by atoms with Gasteiger partial charge in [0.15, 0.2) is 5.82 Å². The number of hydrogen-bond donors (Lipinski definition) is 0. The number of nitrogens with zero attached hydrogens (tertiary/aromatic N) is 3. The molecule has 0 amide bonds. The molecule has 0 saturated heterocycles. The van der Waals surface area contributed by atoms with Crippen LogP contribution in [0.25, 0.3) is 17.6 Å². The van der Waals surface area contributed by atoms with Gasteiger partial charge in [0.25, 0.3) is 0 Å². The maximum atomic E-state index is 12.9. The van der Waals surface area contributed by atoms with Gasteiger partial charge in [-0.1, -0.05) is 6.92 Å². The Labute approximate surface area is 118 Å². The fourth-order valence-electron chi connectivity index (χ4n) is 1.79. The quantitative estimate of drug-likeness (QED) is 0.643. The normalized spacial score (nSPS) is 12.0. The molecular formula is C14H12F3N3O. The van der Waals surface area contributed by atoms with Gasteiger partial charge in [-0.2, -0.15) is 13.2 Å². The van der Waals surface area contributed by atoms with E-state index in [0.717, 1.165) is 12.1 Å². The smallest absolute Gasteiger partial charge is 0.299 e. The molecule has 2 aromatic rings. The highest BCUT2D eigenvalue weighted by Gasteiger charge is 2.31. The van der Waals surface area contributed by atoms with E-state index in [1.165, 1.54) is 23.3 Å². The van der Waals surface area contributed by atoms with Crippen molar-refractivity contribution in [2.24, 2.45) is 0 Å². The third kappa shape index (κ3) is 3.56. The van der Waals surface area contributed by atoms with E-state index in [1.807, 2.05) is 0 Å². The Kier molecular flexibility index (Phi) is 4.21. The lowest BCUT2D eigenvalue weighted by atomic mass is 10.0. The van der Waals surface area contributed by atoms with Gasteiger partial charge in [0.1, 0.15) is 12.6 Å². The van der Waals surface area contributed by atoms with Gasteiger partial charge in [-0.05, 0) is 36.3 Å². The zero-order valence-corrected chi connectivity index (χ0v) is 11.1. The zero-order chi connectivity index (χ0) is 15.5. The number of aromatic nitrogens is 3. The number of hydrogen-bond acceptors (Lipinski definition) is 3. The van der Waals surface area contributed by atoms with E-state index in [4.69, 9.17) is 0 Å². The second-order valence-electron chi connectivity index (χ2n) is 4.30. The van der Waals surface area contributed by atoms with Gasteiger partial charge in [-0.15, -0.1) is 5.10 Å². The van der Waals surface area contributed by atoms with Crippen LogP contribution in [0.3, 0.4) is 0 Å². The van der Waals surface area contributed by atoms with Crippen molar-refractivity contribution in [2.45, 2.75) is 19.5 Å². The summed E-state index contributed by atoms with van der Waals surface area (Å²) in [4.78, 5) is 14.2. The highest BCUT2D eigenvalue weighted by atomic mass is 19.4. The van der Waals surface area contributed by atoms with E-state index in [9.17, 15) is 18.0 Å². The van der Waals surface area contributed by atoms with Crippen molar-refractivity contribution in [3.8, 4) is 11.4 Å². The molecule has 21 heavy (non-hydrogen) atoms. The molecule has 1 heterocycles. The third-order valence-electron chi connectivity index (χ3n) is 2.81. The largest absolute Gasteiger partial charge is 0.416 e. The fraction of sp³-hybridized carbons (Fsp3) is 0.214. The lowest BCUT2D eigenvalue weighted by molar-refractivity contribution is -0.137. The molecule has 0 atom stereocenters. The predicted molar refractivity (Wildman–Crippen MR) is 71.2 cm³/mol. The molecule has 0 saturated carbocycles. The minimum absolute atomic E-state index is 0.173. The van der Waals surface area contributed by atoms with Crippen molar-refractivity contribution in [3.05, 3.63) is 41.7 Å². The van der Waals surface area contributed by atoms with Gasteiger partial charge in [0.05, 0.1) is 5.56 Å². The van der Waals surface area contributed by atoms with Crippen LogP contribution >= 0.6 is 0 Å². The average molecular weight is 295 g/mol. The molecule has 2 rings (SSSR count). The van der Waals surface area contributed by atoms with Crippen LogP contribution in [0.2, 0.25) is 0 Å². The van der Waals surface area contributed by atoms with Crippen LogP contribution in [-0.2, 0) is 17.4 Å². The van der Waals surface area contributed by atoms with Crippen LogP contribution in [-0.4, -0.2) is 21.1 Å². The molecule has 7 heteroatoms. The molecule has 0 bridgehead atoms. The molecule has 0 aliphatic heterocycles. The van der Waals surface area contributed by atoms with E-state index in [1.54, 1.807) is 13.0 Å². The summed E-state index contributed by atoms with van der Waals surface area (Å²) in [6.07, 6.45) is 0.518. The summed E-state index contributed by atoms with van der Waals surface area (Å²) >= 11 is 0. The highest BCUT2D eigenvalue weighted by Crippen LogP contribution is 2.32. The maximum absolute atomic E-state index is 12.9. The first kappa shape index (κ1) is 15.0. The Morgan fingerprint density at radius 1 is 1.29 bits per heavy atom. The van der Waals surface area contributed by atoms with Crippen molar-refractivity contribution in [1.82, 2.24) is 14.8 Å². The van der Waals surface area contributed by atoms with E-state index in [2.05, 4.69) is 10.1 Å². The second kappa shape index (κ2) is 5.90. The van der Waals surface area contributed by atoms with Gasteiger partial charge in [-0.25, -0.2) is 9.67 Å². The first-order valence-electron chi connectivity index (χ1n) is 6.18. The summed E-state index contributed by atoms with van der Waals surface area (Å²) in [5, 5.41) is 4.01. The Bertz CT molecular complexity index is 674. The van der Waals surface area contributed by atoms with Crippen LogP contribution in [0.4, 0.5) is 13.2 Å². The fourth-order valence-corrected chi connectivity index (χ4v) is 1.79. The maximum Gasteiger partial charge on any atom is 0.416 e. The molecular weight excluding hydrogens is 283 g/mol. The monoisotopic (exact) mass is 295 g/mol. The SMILES string of the molecule is CCc1cc(-c2ncn(/C=C\C=O)n2)cc(C(F)(F)F)c1. The molecule has 0 aliphatic rings. The van der Waals surface area contributed by atoms with Crippen molar-refractivity contribution >= 4 is 12.5 Å². The van der Waals surface area contributed by atoms with Gasteiger partial charge in [-0.3, -0.25) is 4.79 Å². The lowest BCUT2D eigenvalue weighted by Crippen LogP contribution is -2.06. The van der Waals surface area contributed by atoms with Crippen LogP contribution in [0.15, 0.2) is 30.6 Å². The summed E-state index contributed by atoms with van der Waals surface area (Å²) in [5.74, 6) is 0.173. The van der Waals surface area contributed by atoms with Crippen molar-refractivity contribution in [1.29, 1.82) is 0 Å². The highest BCUT2D eigenvalue weighted by molar-refractivity contribution is 5.69. The zero-order valence-electron chi connectivity index (χ0n) is 11.1. The predicted octanol–water partition coefficient (Wildman–Crippen LogP) is 3.20. The van der Waals surface area contributed by atoms with E-state index < -0.39 is 11.7 Å². The Balaban J connectivity index is 2.45. The minimum Gasteiger partial charge on any atom is -0.299 e. The number of benzene rings is 1. The molecule has 0 aliphatic carbocycles.